The molecule has 1 saturated carbocycles. The summed E-state index contributed by atoms with van der Waals surface area (Å²) in [6, 6.07) is 4.60. The van der Waals surface area contributed by atoms with Gasteiger partial charge in [0, 0.05) is 20.1 Å². The Kier molecular flexibility index (Phi) is 4.24. The van der Waals surface area contributed by atoms with E-state index >= 15 is 0 Å². The number of hydrogen-bond acceptors (Lipinski definition) is 2. The molecule has 0 radical (unpaired) electrons. The highest BCUT2D eigenvalue weighted by Gasteiger charge is 2.22. The summed E-state index contributed by atoms with van der Waals surface area (Å²) in [5.74, 6) is 0.451. The lowest BCUT2D eigenvalue weighted by atomic mass is 10.2. The SMILES string of the molecule is COc1ccc(CN(C)C(=O)NCC2CC2)cc1F. The largest absolute Gasteiger partial charge is 0.494 e. The standard InChI is InChI=1S/C14H19FN2O2/c1-17(14(18)16-8-10-3-4-10)9-11-5-6-13(19-2)12(15)7-11/h5-7,10H,3-4,8-9H2,1-2H3,(H,16,18). The van der Waals surface area contributed by atoms with Crippen molar-refractivity contribution in [3.05, 3.63) is 29.6 Å². The van der Waals surface area contributed by atoms with E-state index in [1.807, 2.05) is 0 Å². The molecule has 1 aliphatic rings. The highest BCUT2D eigenvalue weighted by atomic mass is 19.1. The Labute approximate surface area is 112 Å². The Bertz CT molecular complexity index is 461. The summed E-state index contributed by atoms with van der Waals surface area (Å²) in [5, 5.41) is 2.87. The third kappa shape index (κ3) is 3.84. The molecule has 19 heavy (non-hydrogen) atoms. The normalized spacial score (nSPS) is 14.1. The maximum Gasteiger partial charge on any atom is 0.317 e. The summed E-state index contributed by atoms with van der Waals surface area (Å²) in [7, 11) is 3.12. The molecule has 0 aliphatic heterocycles. The molecule has 0 saturated heterocycles. The number of halogens is 1. The average Bonchev–Trinajstić information content (AvgIpc) is 3.20. The van der Waals surface area contributed by atoms with E-state index in [-0.39, 0.29) is 11.8 Å². The van der Waals surface area contributed by atoms with Crippen LogP contribution < -0.4 is 10.1 Å². The highest BCUT2D eigenvalue weighted by Crippen LogP contribution is 2.27. The van der Waals surface area contributed by atoms with Crippen LogP contribution in [0.1, 0.15) is 18.4 Å². The molecular formula is C14H19FN2O2. The van der Waals surface area contributed by atoms with E-state index in [1.165, 1.54) is 26.0 Å². The van der Waals surface area contributed by atoms with Crippen molar-refractivity contribution in [1.29, 1.82) is 0 Å². The van der Waals surface area contributed by atoms with Gasteiger partial charge in [-0.1, -0.05) is 6.07 Å². The monoisotopic (exact) mass is 266 g/mol. The molecule has 0 aromatic heterocycles. The van der Waals surface area contributed by atoms with E-state index in [1.54, 1.807) is 24.1 Å². The third-order valence-corrected chi connectivity index (χ3v) is 3.22. The topological polar surface area (TPSA) is 41.6 Å². The Morgan fingerprint density at radius 2 is 2.26 bits per heavy atom. The maximum absolute atomic E-state index is 13.5. The van der Waals surface area contributed by atoms with Crippen LogP contribution in [0.15, 0.2) is 18.2 Å². The first kappa shape index (κ1) is 13.6. The zero-order valence-electron chi connectivity index (χ0n) is 11.3. The van der Waals surface area contributed by atoms with E-state index in [2.05, 4.69) is 5.32 Å². The fraction of sp³-hybridized carbons (Fsp3) is 0.500. The summed E-state index contributed by atoms with van der Waals surface area (Å²) in [6.45, 7) is 1.11. The van der Waals surface area contributed by atoms with Gasteiger partial charge in [-0.05, 0) is 36.5 Å². The van der Waals surface area contributed by atoms with Crippen molar-refractivity contribution < 1.29 is 13.9 Å². The van der Waals surface area contributed by atoms with Crippen LogP contribution in [0.4, 0.5) is 9.18 Å². The lowest BCUT2D eigenvalue weighted by Gasteiger charge is -2.18. The van der Waals surface area contributed by atoms with Crippen molar-refractivity contribution in [3.63, 3.8) is 0 Å². The van der Waals surface area contributed by atoms with Crippen LogP contribution in [0.5, 0.6) is 5.75 Å². The fourth-order valence-corrected chi connectivity index (χ4v) is 1.84. The molecule has 1 N–H and O–H groups in total. The molecule has 1 aromatic rings. The van der Waals surface area contributed by atoms with Crippen molar-refractivity contribution in [2.75, 3.05) is 20.7 Å². The zero-order valence-corrected chi connectivity index (χ0v) is 11.3. The minimum absolute atomic E-state index is 0.122. The third-order valence-electron chi connectivity index (χ3n) is 3.22. The maximum atomic E-state index is 13.5. The molecule has 0 spiro atoms. The Hall–Kier alpha value is -1.78. The smallest absolute Gasteiger partial charge is 0.317 e. The van der Waals surface area contributed by atoms with Crippen LogP contribution in [0.25, 0.3) is 0 Å². The zero-order chi connectivity index (χ0) is 13.8. The van der Waals surface area contributed by atoms with Gasteiger partial charge in [-0.2, -0.15) is 0 Å². The minimum atomic E-state index is -0.410. The van der Waals surface area contributed by atoms with Gasteiger partial charge >= 0.3 is 6.03 Å². The molecule has 5 heteroatoms. The molecule has 1 fully saturated rings. The molecule has 2 amide bonds. The number of amides is 2. The second kappa shape index (κ2) is 5.91. The summed E-state index contributed by atoms with van der Waals surface area (Å²) in [4.78, 5) is 13.3. The molecule has 0 heterocycles. The van der Waals surface area contributed by atoms with E-state index in [0.29, 0.717) is 12.5 Å². The molecule has 0 bridgehead atoms. The van der Waals surface area contributed by atoms with Gasteiger partial charge in [-0.25, -0.2) is 9.18 Å². The van der Waals surface area contributed by atoms with Crippen molar-refractivity contribution in [1.82, 2.24) is 10.2 Å². The highest BCUT2D eigenvalue weighted by molar-refractivity contribution is 5.73. The van der Waals surface area contributed by atoms with Crippen LogP contribution in [-0.4, -0.2) is 31.6 Å². The lowest BCUT2D eigenvalue weighted by Crippen LogP contribution is -2.37. The number of carbonyl (C=O) groups is 1. The number of carbonyl (C=O) groups excluding carboxylic acids is 1. The van der Waals surface area contributed by atoms with Gasteiger partial charge in [0.15, 0.2) is 11.6 Å². The molecule has 1 aliphatic carbocycles. The fourth-order valence-electron chi connectivity index (χ4n) is 1.84. The Balaban J connectivity index is 1.87. The predicted octanol–water partition coefficient (Wildman–Crippen LogP) is 2.39. The molecule has 4 nitrogen and oxygen atoms in total. The second-order valence-corrected chi connectivity index (χ2v) is 4.95. The van der Waals surface area contributed by atoms with E-state index < -0.39 is 5.82 Å². The van der Waals surface area contributed by atoms with Crippen molar-refractivity contribution in [3.8, 4) is 5.75 Å². The first-order valence-corrected chi connectivity index (χ1v) is 6.41. The molecule has 104 valence electrons. The van der Waals surface area contributed by atoms with Crippen LogP contribution in [0.3, 0.4) is 0 Å². The number of ether oxygens (including phenoxy) is 1. The molecule has 2 rings (SSSR count). The van der Waals surface area contributed by atoms with E-state index in [4.69, 9.17) is 4.74 Å². The number of rotatable bonds is 5. The first-order valence-electron chi connectivity index (χ1n) is 6.41. The summed E-state index contributed by atoms with van der Waals surface area (Å²) in [5.41, 5.74) is 0.738. The summed E-state index contributed by atoms with van der Waals surface area (Å²) in [6.07, 6.45) is 2.40. The number of nitrogens with zero attached hydrogens (tertiary/aromatic N) is 1. The van der Waals surface area contributed by atoms with Crippen molar-refractivity contribution in [2.24, 2.45) is 5.92 Å². The molecular weight excluding hydrogens is 247 g/mol. The summed E-state index contributed by atoms with van der Waals surface area (Å²) < 4.78 is 18.4. The second-order valence-electron chi connectivity index (χ2n) is 4.95. The Morgan fingerprint density at radius 3 is 2.84 bits per heavy atom. The average molecular weight is 266 g/mol. The van der Waals surface area contributed by atoms with Gasteiger partial charge in [0.25, 0.3) is 0 Å². The predicted molar refractivity (Wildman–Crippen MR) is 70.5 cm³/mol. The van der Waals surface area contributed by atoms with Gasteiger partial charge in [0.1, 0.15) is 0 Å². The van der Waals surface area contributed by atoms with Crippen molar-refractivity contribution in [2.45, 2.75) is 19.4 Å². The number of nitrogens with one attached hydrogen (secondary N) is 1. The lowest BCUT2D eigenvalue weighted by molar-refractivity contribution is 0.206. The van der Waals surface area contributed by atoms with E-state index in [9.17, 15) is 9.18 Å². The van der Waals surface area contributed by atoms with Crippen LogP contribution >= 0.6 is 0 Å². The first-order chi connectivity index (χ1) is 9.10. The van der Waals surface area contributed by atoms with Gasteiger partial charge in [0.05, 0.1) is 7.11 Å². The molecule has 0 unspecified atom stereocenters. The molecule has 0 atom stereocenters. The van der Waals surface area contributed by atoms with Gasteiger partial charge in [-0.15, -0.1) is 0 Å². The van der Waals surface area contributed by atoms with Crippen LogP contribution in [0.2, 0.25) is 0 Å². The number of benzene rings is 1. The van der Waals surface area contributed by atoms with Gasteiger partial charge in [-0.3, -0.25) is 0 Å². The van der Waals surface area contributed by atoms with Gasteiger partial charge < -0.3 is 15.0 Å². The van der Waals surface area contributed by atoms with Crippen LogP contribution in [-0.2, 0) is 6.54 Å². The van der Waals surface area contributed by atoms with Crippen LogP contribution in [0, 0.1) is 11.7 Å². The minimum Gasteiger partial charge on any atom is -0.494 e. The Morgan fingerprint density at radius 1 is 1.53 bits per heavy atom. The van der Waals surface area contributed by atoms with Gasteiger partial charge in [0.2, 0.25) is 0 Å². The molecule has 1 aromatic carbocycles. The van der Waals surface area contributed by atoms with E-state index in [0.717, 1.165) is 12.1 Å². The number of urea groups is 1. The number of hydrogen-bond donors (Lipinski definition) is 1. The quantitative estimate of drug-likeness (QED) is 0.889. The summed E-state index contributed by atoms with van der Waals surface area (Å²) >= 11 is 0. The van der Waals surface area contributed by atoms with Crippen molar-refractivity contribution >= 4 is 6.03 Å². The number of methoxy groups -OCH3 is 1.